The highest BCUT2D eigenvalue weighted by Crippen LogP contribution is 2.18. The molecule has 1 aromatic carbocycles. The Labute approximate surface area is 136 Å². The summed E-state index contributed by atoms with van der Waals surface area (Å²) in [5.41, 5.74) is 1.17. The van der Waals surface area contributed by atoms with Gasteiger partial charge in [0.1, 0.15) is 5.41 Å². The lowest BCUT2D eigenvalue weighted by Crippen LogP contribution is -2.49. The number of para-hydroxylation sites is 1. The van der Waals surface area contributed by atoms with Crippen LogP contribution in [0, 0.1) is 5.41 Å². The quantitative estimate of drug-likeness (QED) is 0.716. The molecule has 0 fully saturated rings. The molecule has 1 aromatic heterocycles. The topological polar surface area (TPSA) is 74.0 Å². The molecule has 5 heteroatoms. The lowest BCUT2D eigenvalue weighted by Gasteiger charge is -2.24. The first kappa shape index (κ1) is 17.1. The monoisotopic (exact) mass is 315 g/mol. The Hall–Kier alpha value is -2.30. The Bertz CT molecular complexity index is 701. The van der Waals surface area contributed by atoms with Crippen LogP contribution in [0.2, 0.25) is 0 Å². The van der Waals surface area contributed by atoms with E-state index in [1.165, 1.54) is 5.39 Å². The first-order chi connectivity index (χ1) is 10.8. The van der Waals surface area contributed by atoms with Crippen LogP contribution >= 0.6 is 0 Å². The molecule has 0 aliphatic carbocycles. The molecular formula is C18H25N3O2. The van der Waals surface area contributed by atoms with Crippen molar-refractivity contribution in [3.05, 3.63) is 36.0 Å². The molecule has 5 nitrogen and oxygen atoms in total. The average Bonchev–Trinajstić information content (AvgIpc) is 2.90. The van der Waals surface area contributed by atoms with E-state index in [9.17, 15) is 9.59 Å². The first-order valence-corrected chi connectivity index (χ1v) is 7.96. The van der Waals surface area contributed by atoms with Crippen molar-refractivity contribution in [1.82, 2.24) is 15.6 Å². The van der Waals surface area contributed by atoms with Gasteiger partial charge >= 0.3 is 0 Å². The standard InChI is InChI=1S/C18H25N3O2/c1-12(2)21-17(23)18(3,4)16(22)19-10-9-13-11-20-15-8-6-5-7-14(13)15/h5-8,11-12,20H,9-10H2,1-4H3,(H,19,22)(H,21,23). The maximum atomic E-state index is 12.3. The van der Waals surface area contributed by atoms with Gasteiger partial charge < -0.3 is 15.6 Å². The summed E-state index contributed by atoms with van der Waals surface area (Å²) >= 11 is 0. The SMILES string of the molecule is CC(C)NC(=O)C(C)(C)C(=O)NCCc1c[nH]c2ccccc12. The van der Waals surface area contributed by atoms with Crippen LogP contribution in [-0.2, 0) is 16.0 Å². The summed E-state index contributed by atoms with van der Waals surface area (Å²) in [5.74, 6) is -0.507. The molecule has 0 radical (unpaired) electrons. The van der Waals surface area contributed by atoms with Gasteiger partial charge in [-0.15, -0.1) is 0 Å². The van der Waals surface area contributed by atoms with Crippen molar-refractivity contribution in [2.45, 2.75) is 40.2 Å². The number of hydrogen-bond acceptors (Lipinski definition) is 2. The lowest BCUT2D eigenvalue weighted by atomic mass is 9.90. The number of hydrogen-bond donors (Lipinski definition) is 3. The third-order valence-electron chi connectivity index (χ3n) is 3.91. The predicted molar refractivity (Wildman–Crippen MR) is 92.1 cm³/mol. The molecule has 2 rings (SSSR count). The third kappa shape index (κ3) is 3.92. The van der Waals surface area contributed by atoms with Crippen molar-refractivity contribution < 1.29 is 9.59 Å². The second-order valence-corrected chi connectivity index (χ2v) is 6.62. The number of H-pyrrole nitrogens is 1. The van der Waals surface area contributed by atoms with Crippen LogP contribution < -0.4 is 10.6 Å². The minimum Gasteiger partial charge on any atom is -0.361 e. The Morgan fingerprint density at radius 1 is 1.17 bits per heavy atom. The number of carbonyl (C=O) groups excluding carboxylic acids is 2. The number of carbonyl (C=O) groups is 2. The normalized spacial score (nSPS) is 11.7. The average molecular weight is 315 g/mol. The van der Waals surface area contributed by atoms with Gasteiger partial charge in [0.25, 0.3) is 0 Å². The Morgan fingerprint density at radius 3 is 2.57 bits per heavy atom. The van der Waals surface area contributed by atoms with Gasteiger partial charge in [-0.2, -0.15) is 0 Å². The molecule has 0 aliphatic heterocycles. The summed E-state index contributed by atoms with van der Waals surface area (Å²) in [5, 5.41) is 6.82. The van der Waals surface area contributed by atoms with Crippen LogP contribution in [0.1, 0.15) is 33.3 Å². The van der Waals surface area contributed by atoms with Gasteiger partial charge in [0, 0.05) is 29.7 Å². The second kappa shape index (κ2) is 6.86. The second-order valence-electron chi connectivity index (χ2n) is 6.62. The molecule has 0 saturated heterocycles. The number of rotatable bonds is 6. The van der Waals surface area contributed by atoms with E-state index in [1.807, 2.05) is 38.2 Å². The molecule has 2 aromatic rings. The van der Waals surface area contributed by atoms with Crippen molar-refractivity contribution in [3.63, 3.8) is 0 Å². The number of nitrogens with one attached hydrogen (secondary N) is 3. The van der Waals surface area contributed by atoms with Gasteiger partial charge in [-0.1, -0.05) is 18.2 Å². The maximum Gasteiger partial charge on any atom is 0.235 e. The fourth-order valence-corrected chi connectivity index (χ4v) is 2.42. The van der Waals surface area contributed by atoms with E-state index in [-0.39, 0.29) is 17.9 Å². The molecule has 2 amide bonds. The van der Waals surface area contributed by atoms with Crippen LogP contribution in [0.25, 0.3) is 10.9 Å². The summed E-state index contributed by atoms with van der Waals surface area (Å²) in [7, 11) is 0. The van der Waals surface area contributed by atoms with Gasteiger partial charge in [0.05, 0.1) is 0 Å². The molecular weight excluding hydrogens is 290 g/mol. The summed E-state index contributed by atoms with van der Waals surface area (Å²) in [4.78, 5) is 27.6. The van der Waals surface area contributed by atoms with Crippen LogP contribution in [0.3, 0.4) is 0 Å². The molecule has 1 heterocycles. The molecule has 0 aliphatic rings. The largest absolute Gasteiger partial charge is 0.361 e. The minimum absolute atomic E-state index is 0.0146. The number of aromatic amines is 1. The van der Waals surface area contributed by atoms with Crippen molar-refractivity contribution in [2.24, 2.45) is 5.41 Å². The number of aromatic nitrogens is 1. The number of fused-ring (bicyclic) bond motifs is 1. The van der Waals surface area contributed by atoms with E-state index >= 15 is 0 Å². The summed E-state index contributed by atoms with van der Waals surface area (Å²) in [6.45, 7) is 7.54. The Morgan fingerprint density at radius 2 is 1.87 bits per heavy atom. The van der Waals surface area contributed by atoms with E-state index in [2.05, 4.69) is 21.7 Å². The number of amides is 2. The zero-order valence-corrected chi connectivity index (χ0v) is 14.2. The molecule has 0 atom stereocenters. The van der Waals surface area contributed by atoms with Crippen LogP contribution in [-0.4, -0.2) is 29.4 Å². The van der Waals surface area contributed by atoms with Crippen LogP contribution in [0.5, 0.6) is 0 Å². The molecule has 3 N–H and O–H groups in total. The molecule has 0 spiro atoms. The molecule has 0 bridgehead atoms. The van der Waals surface area contributed by atoms with E-state index in [0.29, 0.717) is 6.54 Å². The first-order valence-electron chi connectivity index (χ1n) is 7.96. The van der Waals surface area contributed by atoms with Crippen molar-refractivity contribution in [3.8, 4) is 0 Å². The summed E-state index contributed by atoms with van der Waals surface area (Å²) in [6.07, 6.45) is 2.69. The Balaban J connectivity index is 1.93. The minimum atomic E-state index is -1.08. The van der Waals surface area contributed by atoms with Gasteiger partial charge in [-0.25, -0.2) is 0 Å². The van der Waals surface area contributed by atoms with Crippen molar-refractivity contribution >= 4 is 22.7 Å². The van der Waals surface area contributed by atoms with Crippen molar-refractivity contribution in [1.29, 1.82) is 0 Å². The summed E-state index contributed by atoms with van der Waals surface area (Å²) < 4.78 is 0. The predicted octanol–water partition coefficient (Wildman–Crippen LogP) is 2.38. The zero-order valence-electron chi connectivity index (χ0n) is 14.2. The highest BCUT2D eigenvalue weighted by atomic mass is 16.2. The van der Waals surface area contributed by atoms with E-state index in [0.717, 1.165) is 17.5 Å². The van der Waals surface area contributed by atoms with Crippen LogP contribution in [0.4, 0.5) is 0 Å². The highest BCUT2D eigenvalue weighted by molar-refractivity contribution is 6.04. The molecule has 124 valence electrons. The van der Waals surface area contributed by atoms with Gasteiger partial charge in [-0.05, 0) is 45.7 Å². The smallest absolute Gasteiger partial charge is 0.235 e. The molecule has 23 heavy (non-hydrogen) atoms. The fourth-order valence-electron chi connectivity index (χ4n) is 2.42. The van der Waals surface area contributed by atoms with Gasteiger partial charge in [0.15, 0.2) is 0 Å². The van der Waals surface area contributed by atoms with E-state index < -0.39 is 5.41 Å². The van der Waals surface area contributed by atoms with Gasteiger partial charge in [0.2, 0.25) is 11.8 Å². The van der Waals surface area contributed by atoms with Crippen molar-refractivity contribution in [2.75, 3.05) is 6.54 Å². The third-order valence-corrected chi connectivity index (χ3v) is 3.91. The summed E-state index contributed by atoms with van der Waals surface area (Å²) in [6, 6.07) is 8.08. The molecule has 0 unspecified atom stereocenters. The number of benzene rings is 1. The fraction of sp³-hybridized carbons (Fsp3) is 0.444. The highest BCUT2D eigenvalue weighted by Gasteiger charge is 2.35. The zero-order chi connectivity index (χ0) is 17.0. The Kier molecular flexibility index (Phi) is 5.08. The maximum absolute atomic E-state index is 12.3. The molecule has 0 saturated carbocycles. The van der Waals surface area contributed by atoms with E-state index in [4.69, 9.17) is 0 Å². The lowest BCUT2D eigenvalue weighted by molar-refractivity contribution is -0.141. The van der Waals surface area contributed by atoms with E-state index in [1.54, 1.807) is 13.8 Å². The van der Waals surface area contributed by atoms with Crippen LogP contribution in [0.15, 0.2) is 30.5 Å². The van der Waals surface area contributed by atoms with Gasteiger partial charge in [-0.3, -0.25) is 9.59 Å².